The third kappa shape index (κ3) is 29.7. The van der Waals surface area contributed by atoms with E-state index in [1.165, 1.54) is 173 Å². The summed E-state index contributed by atoms with van der Waals surface area (Å²) in [7, 11) is 0. The van der Waals surface area contributed by atoms with Crippen LogP contribution in [0.1, 0.15) is 187 Å². The van der Waals surface area contributed by atoms with Crippen LogP contribution in [0.4, 0.5) is 0 Å². The summed E-state index contributed by atoms with van der Waals surface area (Å²) in [6.45, 7) is 4.59. The molecule has 0 fully saturated rings. The molecule has 0 aromatic heterocycles. The molecule has 0 aliphatic rings. The lowest BCUT2D eigenvalue weighted by molar-refractivity contribution is 0.519. The Morgan fingerprint density at radius 1 is 0.258 bits per heavy atom. The first kappa shape index (κ1) is 30.7. The van der Waals surface area contributed by atoms with Gasteiger partial charge in [-0.05, 0) is 25.7 Å². The highest BCUT2D eigenvalue weighted by molar-refractivity contribution is 4.81. The van der Waals surface area contributed by atoms with E-state index < -0.39 is 0 Å². The van der Waals surface area contributed by atoms with Gasteiger partial charge in [-0.15, -0.1) is 0 Å². The van der Waals surface area contributed by atoms with Crippen molar-refractivity contribution in [3.8, 4) is 0 Å². The van der Waals surface area contributed by atoms with Crippen molar-refractivity contribution >= 4 is 0 Å². The van der Waals surface area contributed by atoms with E-state index >= 15 is 0 Å². The smallest absolute Gasteiger partial charge is 0.0351 e. The fraction of sp³-hybridized carbons (Fsp3) is 0.935. The summed E-state index contributed by atoms with van der Waals surface area (Å²) < 4.78 is 0. The molecular weight excluding hydrogens is 372 g/mol. The molecule has 0 aliphatic carbocycles. The van der Waals surface area contributed by atoms with Gasteiger partial charge in [0.1, 0.15) is 0 Å². The molecule has 0 radical (unpaired) electrons. The van der Waals surface area contributed by atoms with Crippen molar-refractivity contribution in [3.63, 3.8) is 0 Å². The van der Waals surface area contributed by atoms with Gasteiger partial charge in [0.15, 0.2) is 0 Å². The zero-order chi connectivity index (χ0) is 22.5. The van der Waals surface area contributed by atoms with Gasteiger partial charge >= 0.3 is 0 Å². The Morgan fingerprint density at radius 2 is 0.452 bits per heavy atom. The Hall–Kier alpha value is -0.260. The van der Waals surface area contributed by atoms with E-state index in [2.05, 4.69) is 26.0 Å². The van der Waals surface area contributed by atoms with Crippen LogP contribution in [0.3, 0.4) is 0 Å². The Bertz CT molecular complexity index is 316. The van der Waals surface area contributed by atoms with Crippen LogP contribution in [0, 0.1) is 0 Å². The second-order valence-electron chi connectivity index (χ2n) is 10.2. The van der Waals surface area contributed by atoms with Crippen molar-refractivity contribution in [2.75, 3.05) is 0 Å². The summed E-state index contributed by atoms with van der Waals surface area (Å²) in [6, 6.07) is 0. The predicted octanol–water partition coefficient (Wildman–Crippen LogP) is 12.1. The number of allylic oxidation sites excluding steroid dienone is 2. The second-order valence-corrected chi connectivity index (χ2v) is 10.2. The third-order valence-corrected chi connectivity index (χ3v) is 6.87. The molecule has 0 heterocycles. The van der Waals surface area contributed by atoms with Crippen LogP contribution in [0.25, 0.3) is 0 Å². The Morgan fingerprint density at radius 3 is 0.742 bits per heavy atom. The van der Waals surface area contributed by atoms with E-state index in [0.29, 0.717) is 0 Å². The number of hydrogen-bond donors (Lipinski definition) is 0. The lowest BCUT2D eigenvalue weighted by atomic mass is 10.0. The summed E-state index contributed by atoms with van der Waals surface area (Å²) in [4.78, 5) is 0. The molecule has 0 heteroatoms. The highest BCUT2D eigenvalue weighted by atomic mass is 14.0. The molecule has 186 valence electrons. The van der Waals surface area contributed by atoms with Crippen molar-refractivity contribution in [2.45, 2.75) is 187 Å². The fourth-order valence-corrected chi connectivity index (χ4v) is 4.62. The quantitative estimate of drug-likeness (QED) is 0.0890. The van der Waals surface area contributed by atoms with E-state index in [1.807, 2.05) is 0 Å². The molecule has 0 aliphatic heterocycles. The molecule has 31 heavy (non-hydrogen) atoms. The molecule has 0 aromatic carbocycles. The molecule has 0 saturated carbocycles. The second kappa shape index (κ2) is 29.7. The van der Waals surface area contributed by atoms with E-state index in [-0.39, 0.29) is 0 Å². The van der Waals surface area contributed by atoms with Gasteiger partial charge < -0.3 is 0 Å². The van der Waals surface area contributed by atoms with Crippen LogP contribution in [-0.4, -0.2) is 0 Å². The van der Waals surface area contributed by atoms with Crippen molar-refractivity contribution in [1.82, 2.24) is 0 Å². The maximum absolute atomic E-state index is 2.42. The molecule has 0 rings (SSSR count). The van der Waals surface area contributed by atoms with Crippen molar-refractivity contribution < 1.29 is 0 Å². The Labute approximate surface area is 199 Å². The van der Waals surface area contributed by atoms with Crippen LogP contribution in [0.2, 0.25) is 0 Å². The highest BCUT2D eigenvalue weighted by Crippen LogP contribution is 2.15. The summed E-state index contributed by atoms with van der Waals surface area (Å²) >= 11 is 0. The van der Waals surface area contributed by atoms with Gasteiger partial charge in [-0.1, -0.05) is 174 Å². The summed E-state index contributed by atoms with van der Waals surface area (Å²) in [5.41, 5.74) is 0. The fourth-order valence-electron chi connectivity index (χ4n) is 4.62. The molecule has 0 aromatic rings. The standard InChI is InChI=1S/C31H62/c1-3-5-7-9-11-13-15-17-19-21-23-25-27-29-31-30-28-26-24-22-20-18-16-14-12-10-8-6-4-2/h11,13H,3-10,12,14-31H2,1-2H3/b13-11+. The molecule has 0 saturated heterocycles. The number of rotatable bonds is 27. The Balaban J connectivity index is 3.02. The van der Waals surface area contributed by atoms with E-state index in [0.717, 1.165) is 0 Å². The van der Waals surface area contributed by atoms with Gasteiger partial charge in [-0.2, -0.15) is 0 Å². The van der Waals surface area contributed by atoms with Gasteiger partial charge in [-0.3, -0.25) is 0 Å². The first-order chi connectivity index (χ1) is 15.4. The minimum atomic E-state index is 1.30. The van der Waals surface area contributed by atoms with Crippen LogP contribution in [0.15, 0.2) is 12.2 Å². The van der Waals surface area contributed by atoms with Gasteiger partial charge in [0.25, 0.3) is 0 Å². The third-order valence-electron chi connectivity index (χ3n) is 6.87. The SMILES string of the molecule is CCCCC/C=C/CCCCCCCCCCCCCCCCCCCCCCCC. The van der Waals surface area contributed by atoms with Gasteiger partial charge in [0.2, 0.25) is 0 Å². The lowest BCUT2D eigenvalue weighted by Gasteiger charge is -2.04. The first-order valence-corrected chi connectivity index (χ1v) is 15.1. The topological polar surface area (TPSA) is 0 Å². The largest absolute Gasteiger partial charge is 0.0885 e. The molecule has 0 nitrogen and oxygen atoms in total. The van der Waals surface area contributed by atoms with Crippen molar-refractivity contribution in [2.24, 2.45) is 0 Å². The summed E-state index contributed by atoms with van der Waals surface area (Å²) in [6.07, 6.45) is 43.9. The molecule has 0 atom stereocenters. The summed E-state index contributed by atoms with van der Waals surface area (Å²) in [5.74, 6) is 0. The minimum absolute atomic E-state index is 1.30. The summed E-state index contributed by atoms with van der Waals surface area (Å²) in [5, 5.41) is 0. The first-order valence-electron chi connectivity index (χ1n) is 15.1. The van der Waals surface area contributed by atoms with E-state index in [9.17, 15) is 0 Å². The Kier molecular flexibility index (Phi) is 29.5. The minimum Gasteiger partial charge on any atom is -0.0885 e. The van der Waals surface area contributed by atoms with E-state index in [4.69, 9.17) is 0 Å². The van der Waals surface area contributed by atoms with E-state index in [1.54, 1.807) is 0 Å². The average molecular weight is 435 g/mol. The van der Waals surface area contributed by atoms with Crippen molar-refractivity contribution in [1.29, 1.82) is 0 Å². The van der Waals surface area contributed by atoms with Gasteiger partial charge in [-0.25, -0.2) is 0 Å². The maximum atomic E-state index is 2.42. The number of hydrogen-bond acceptors (Lipinski definition) is 0. The molecule has 0 spiro atoms. The van der Waals surface area contributed by atoms with Crippen LogP contribution >= 0.6 is 0 Å². The van der Waals surface area contributed by atoms with Gasteiger partial charge in [0.05, 0.1) is 0 Å². The monoisotopic (exact) mass is 434 g/mol. The zero-order valence-electron chi connectivity index (χ0n) is 22.2. The number of unbranched alkanes of at least 4 members (excludes halogenated alkanes) is 25. The average Bonchev–Trinajstić information content (AvgIpc) is 2.78. The molecule has 0 amide bonds. The maximum Gasteiger partial charge on any atom is -0.0351 e. The van der Waals surface area contributed by atoms with Crippen LogP contribution in [-0.2, 0) is 0 Å². The van der Waals surface area contributed by atoms with Gasteiger partial charge in [0, 0.05) is 0 Å². The molecule has 0 bridgehead atoms. The van der Waals surface area contributed by atoms with Crippen LogP contribution in [0.5, 0.6) is 0 Å². The molecule has 0 unspecified atom stereocenters. The zero-order valence-corrected chi connectivity index (χ0v) is 22.2. The molecular formula is C31H62. The lowest BCUT2D eigenvalue weighted by Crippen LogP contribution is -1.84. The van der Waals surface area contributed by atoms with Crippen molar-refractivity contribution in [3.05, 3.63) is 12.2 Å². The highest BCUT2D eigenvalue weighted by Gasteiger charge is 1.95. The normalized spacial score (nSPS) is 11.7. The van der Waals surface area contributed by atoms with Crippen LogP contribution < -0.4 is 0 Å². The molecule has 0 N–H and O–H groups in total. The predicted molar refractivity (Wildman–Crippen MR) is 145 cm³/mol.